The van der Waals surface area contributed by atoms with Gasteiger partial charge in [0.05, 0.1) is 94.5 Å². The van der Waals surface area contributed by atoms with E-state index in [9.17, 15) is 49.2 Å². The minimum absolute atomic E-state index is 0.0265. The summed E-state index contributed by atoms with van der Waals surface area (Å²) in [4.78, 5) is 78.4. The second kappa shape index (κ2) is 51.9. The Balaban J connectivity index is -0.00000113. The predicted octanol–water partition coefficient (Wildman–Crippen LogP) is 2.08. The summed E-state index contributed by atoms with van der Waals surface area (Å²) in [6.45, 7) is 32.1. The summed E-state index contributed by atoms with van der Waals surface area (Å²) in [6.07, 6.45) is 1.93. The molecule has 0 saturated carbocycles. The summed E-state index contributed by atoms with van der Waals surface area (Å²) in [5, 5.41) is 65.5. The lowest BCUT2D eigenvalue weighted by Gasteiger charge is -2.25. The van der Waals surface area contributed by atoms with E-state index in [1.165, 1.54) is 0 Å². The number of esters is 6. The van der Waals surface area contributed by atoms with Crippen molar-refractivity contribution >= 4 is 35.8 Å². The quantitative estimate of drug-likeness (QED) is 0.0239. The summed E-state index contributed by atoms with van der Waals surface area (Å²) in [7, 11) is 0. The molecule has 0 spiro atoms. The van der Waals surface area contributed by atoms with Crippen LogP contribution < -0.4 is 16.0 Å². The summed E-state index contributed by atoms with van der Waals surface area (Å²) in [5.74, 6) is -2.68. The Morgan fingerprint density at radius 2 is 0.667 bits per heavy atom. The predicted molar refractivity (Wildman–Crippen MR) is 310 cm³/mol. The number of hydrogen-bond acceptors (Lipinski definition) is 24. The topological polar surface area (TPSA) is 325 Å². The van der Waals surface area contributed by atoms with Gasteiger partial charge in [0, 0.05) is 39.3 Å². The van der Waals surface area contributed by atoms with E-state index in [0.717, 1.165) is 0 Å². The molecule has 0 fully saturated rings. The molecule has 11 atom stereocenters. The van der Waals surface area contributed by atoms with E-state index in [1.807, 2.05) is 70.1 Å². The zero-order chi connectivity index (χ0) is 62.3. The van der Waals surface area contributed by atoms with E-state index >= 15 is 0 Å². The van der Waals surface area contributed by atoms with Crippen LogP contribution in [-0.2, 0) is 57.2 Å². The molecular weight excluding hydrogens is 1060 g/mol. The van der Waals surface area contributed by atoms with E-state index in [0.29, 0.717) is 123 Å². The van der Waals surface area contributed by atoms with Gasteiger partial charge in [0.25, 0.3) is 0 Å². The van der Waals surface area contributed by atoms with Gasteiger partial charge in [-0.25, -0.2) is 0 Å². The summed E-state index contributed by atoms with van der Waals surface area (Å²) in [6, 6.07) is -2.25. The fourth-order valence-corrected chi connectivity index (χ4v) is 7.48. The van der Waals surface area contributed by atoms with Crippen LogP contribution in [0.25, 0.3) is 0 Å². The van der Waals surface area contributed by atoms with Crippen molar-refractivity contribution in [1.82, 2.24) is 30.7 Å². The minimum Gasteiger partial charge on any atom is -0.466 e. The lowest BCUT2D eigenvalue weighted by atomic mass is 10.2. The molecule has 0 aliphatic carbocycles. The maximum absolute atomic E-state index is 12.5. The molecule has 0 bridgehead atoms. The maximum atomic E-state index is 12.5. The first-order valence-electron chi connectivity index (χ1n) is 29.7. The molecule has 0 amide bonds. The number of nitrogens with one attached hydrogen (secondary N) is 3. The Kier molecular flexibility index (Phi) is 52.3. The van der Waals surface area contributed by atoms with E-state index in [4.69, 9.17) is 38.6 Å². The van der Waals surface area contributed by atoms with Crippen LogP contribution in [0.5, 0.6) is 0 Å². The van der Waals surface area contributed by atoms with Crippen LogP contribution in [0, 0.1) is 0 Å². The lowest BCUT2D eigenvalue weighted by molar-refractivity contribution is -0.157. The van der Waals surface area contributed by atoms with Gasteiger partial charge in [0.15, 0.2) is 0 Å². The fourth-order valence-electron chi connectivity index (χ4n) is 7.48. The summed E-state index contributed by atoms with van der Waals surface area (Å²) >= 11 is 0. The molecule has 24 nitrogen and oxygen atoms in total. The van der Waals surface area contributed by atoms with Gasteiger partial charge < -0.3 is 75.0 Å². The Morgan fingerprint density at radius 1 is 0.383 bits per heavy atom. The molecule has 0 heterocycles. The standard InChI is InChI=1S/C21H42N2O6.C19H38N2O6.C17H34N2O6/c1-7-17(5)28-20(26)12-19(21(27)29-18(6)8-2)22-10-9-11-23(13-15(3)24)14-16(4)25;1-5-15(3)26-18(24)14-17(19(25)27-16(4)6-2)20-8-7-9-21(10-12-22)11-13-23;1-5-24-16(22)10-15(17(23)25-6-2)18-8-7-9-19(11-13(3)20)12-14(4)21/h15-19,22,24-25H,7-14H2,1-6H3;15-17,20,22-23H,5-14H2,1-4H3;13-15,18,20-21H,5-12H2,1-4H3. The molecule has 11 unspecified atom stereocenters. The van der Waals surface area contributed by atoms with Crippen molar-refractivity contribution in [3.8, 4) is 0 Å². The third-order valence-electron chi connectivity index (χ3n) is 12.2. The van der Waals surface area contributed by atoms with Gasteiger partial charge in [-0.3, -0.25) is 43.5 Å². The second-order valence-electron chi connectivity index (χ2n) is 20.7. The number of carbonyl (C=O) groups is 6. The monoisotopic (exact) mass is 1170 g/mol. The van der Waals surface area contributed by atoms with E-state index in [2.05, 4.69) is 16.0 Å². The molecule has 0 aromatic rings. The zero-order valence-electron chi connectivity index (χ0n) is 52.2. The van der Waals surface area contributed by atoms with Gasteiger partial charge in [0.1, 0.15) is 18.1 Å². The van der Waals surface area contributed by atoms with Crippen molar-refractivity contribution in [3.63, 3.8) is 0 Å². The van der Waals surface area contributed by atoms with Gasteiger partial charge in [-0.15, -0.1) is 0 Å². The molecule has 480 valence electrons. The van der Waals surface area contributed by atoms with Gasteiger partial charge in [0.2, 0.25) is 0 Å². The number of rotatable bonds is 46. The smallest absolute Gasteiger partial charge is 0.324 e. The summed E-state index contributed by atoms with van der Waals surface area (Å²) < 4.78 is 31.2. The molecule has 0 aromatic heterocycles. The Morgan fingerprint density at radius 3 is 0.951 bits per heavy atom. The molecule has 0 aromatic carbocycles. The Bertz CT molecular complexity index is 1570. The van der Waals surface area contributed by atoms with Crippen LogP contribution in [0.15, 0.2) is 0 Å². The SMILES string of the molecule is CCC(C)OC(=O)CC(NCCCN(CC(C)O)CC(C)O)C(=O)OC(C)CC.CCC(C)OC(=O)CC(NCCCN(CCO)CCO)C(=O)OC(C)CC.CCOC(=O)CC(NCCCN(CC(C)O)CC(C)O)C(=O)OCC. The molecule has 81 heavy (non-hydrogen) atoms. The van der Waals surface area contributed by atoms with Gasteiger partial charge in [-0.1, -0.05) is 27.7 Å². The van der Waals surface area contributed by atoms with Crippen molar-refractivity contribution in [2.45, 2.75) is 228 Å². The summed E-state index contributed by atoms with van der Waals surface area (Å²) in [5.41, 5.74) is 0. The van der Waals surface area contributed by atoms with E-state index in [-0.39, 0.29) is 70.1 Å². The highest BCUT2D eigenvalue weighted by Crippen LogP contribution is 2.10. The van der Waals surface area contributed by atoms with Crippen molar-refractivity contribution in [1.29, 1.82) is 0 Å². The van der Waals surface area contributed by atoms with Gasteiger partial charge >= 0.3 is 35.8 Å². The molecule has 0 radical (unpaired) electrons. The molecule has 0 saturated heterocycles. The van der Waals surface area contributed by atoms with Crippen molar-refractivity contribution in [2.75, 3.05) is 105 Å². The maximum Gasteiger partial charge on any atom is 0.324 e. The van der Waals surface area contributed by atoms with Crippen LogP contribution in [0.3, 0.4) is 0 Å². The highest BCUT2D eigenvalue weighted by molar-refractivity contribution is 5.84. The molecule has 0 aliphatic rings. The minimum atomic E-state index is -0.762. The molecule has 0 rings (SSSR count). The Hall–Kier alpha value is -3.66. The largest absolute Gasteiger partial charge is 0.466 e. The normalized spacial score (nSPS) is 15.4. The first kappa shape index (κ1) is 81.6. The third kappa shape index (κ3) is 48.4. The van der Waals surface area contributed by atoms with Crippen LogP contribution >= 0.6 is 0 Å². The fraction of sp³-hybridized carbons (Fsp3) is 0.895. The van der Waals surface area contributed by atoms with E-state index in [1.54, 1.807) is 41.5 Å². The molecule has 0 aliphatic heterocycles. The molecular formula is C57H114N6O18. The van der Waals surface area contributed by atoms with Gasteiger partial charge in [-0.05, 0) is 153 Å². The number of aliphatic hydroxyl groups excluding tert-OH is 6. The number of hydrogen-bond donors (Lipinski definition) is 9. The highest BCUT2D eigenvalue weighted by atomic mass is 16.6. The van der Waals surface area contributed by atoms with Crippen LogP contribution in [0.2, 0.25) is 0 Å². The lowest BCUT2D eigenvalue weighted by Crippen LogP contribution is -2.43. The van der Waals surface area contributed by atoms with Crippen molar-refractivity contribution in [2.24, 2.45) is 0 Å². The first-order valence-corrected chi connectivity index (χ1v) is 29.7. The third-order valence-corrected chi connectivity index (χ3v) is 12.2. The van der Waals surface area contributed by atoms with Crippen LogP contribution in [0.1, 0.15) is 161 Å². The number of nitrogens with zero attached hydrogens (tertiary/aromatic N) is 3. The zero-order valence-corrected chi connectivity index (χ0v) is 52.2. The number of aliphatic hydroxyl groups is 6. The highest BCUT2D eigenvalue weighted by Gasteiger charge is 2.28. The van der Waals surface area contributed by atoms with Gasteiger partial charge in [-0.2, -0.15) is 0 Å². The number of carbonyl (C=O) groups excluding carboxylic acids is 6. The Labute approximate surface area is 486 Å². The van der Waals surface area contributed by atoms with Crippen molar-refractivity contribution in [3.05, 3.63) is 0 Å². The first-order chi connectivity index (χ1) is 38.2. The van der Waals surface area contributed by atoms with E-state index < -0.39 is 78.4 Å². The molecule has 9 N–H and O–H groups in total. The average Bonchev–Trinajstić information content (AvgIpc) is 3.38. The average molecular weight is 1170 g/mol. The van der Waals surface area contributed by atoms with Crippen LogP contribution in [-0.4, -0.2) is 253 Å². The van der Waals surface area contributed by atoms with Crippen molar-refractivity contribution < 1.29 is 87.8 Å². The second-order valence-corrected chi connectivity index (χ2v) is 20.7. The van der Waals surface area contributed by atoms with Crippen LogP contribution in [0.4, 0.5) is 0 Å². The number of ether oxygens (including phenoxy) is 6. The molecule has 24 heteroatoms.